The summed E-state index contributed by atoms with van der Waals surface area (Å²) >= 11 is 0. The average Bonchev–Trinajstić information content (AvgIpc) is 3.33. The molecule has 0 aromatic carbocycles. The summed E-state index contributed by atoms with van der Waals surface area (Å²) in [5.74, 6) is -0.853. The van der Waals surface area contributed by atoms with Gasteiger partial charge in [0.05, 0.1) is 0 Å². The highest BCUT2D eigenvalue weighted by atomic mass is 16.6. The molecule has 0 N–H and O–H groups in total. The lowest BCUT2D eigenvalue weighted by Crippen LogP contribution is -2.30. The van der Waals surface area contributed by atoms with Crippen molar-refractivity contribution >= 4 is 17.9 Å². The van der Waals surface area contributed by atoms with E-state index in [-0.39, 0.29) is 31.1 Å². The van der Waals surface area contributed by atoms with Crippen LogP contribution in [0, 0.1) is 0 Å². The molecular formula is C61H112O6. The number of carbonyl (C=O) groups is 3. The number of hydrogen-bond donors (Lipinski definition) is 0. The molecule has 1 atom stereocenters. The van der Waals surface area contributed by atoms with Crippen molar-refractivity contribution in [2.75, 3.05) is 13.2 Å². The topological polar surface area (TPSA) is 78.9 Å². The Morgan fingerprint density at radius 2 is 0.582 bits per heavy atom. The van der Waals surface area contributed by atoms with E-state index in [9.17, 15) is 14.4 Å². The van der Waals surface area contributed by atoms with E-state index in [0.717, 1.165) is 77.0 Å². The van der Waals surface area contributed by atoms with Crippen LogP contribution < -0.4 is 0 Å². The lowest BCUT2D eigenvalue weighted by Gasteiger charge is -2.18. The van der Waals surface area contributed by atoms with Crippen molar-refractivity contribution in [1.82, 2.24) is 0 Å². The lowest BCUT2D eigenvalue weighted by atomic mass is 10.0. The summed E-state index contributed by atoms with van der Waals surface area (Å²) in [4.78, 5) is 38.2. The van der Waals surface area contributed by atoms with E-state index < -0.39 is 6.10 Å². The molecule has 0 saturated heterocycles. The molecular weight excluding hydrogens is 829 g/mol. The van der Waals surface area contributed by atoms with Crippen molar-refractivity contribution in [3.05, 3.63) is 36.5 Å². The highest BCUT2D eigenvalue weighted by Crippen LogP contribution is 2.17. The van der Waals surface area contributed by atoms with Gasteiger partial charge in [0, 0.05) is 19.3 Å². The molecule has 0 rings (SSSR count). The minimum Gasteiger partial charge on any atom is -0.462 e. The van der Waals surface area contributed by atoms with E-state index in [1.807, 2.05) is 0 Å². The Balaban J connectivity index is 4.32. The minimum atomic E-state index is -0.769. The van der Waals surface area contributed by atoms with Crippen LogP contribution in [-0.2, 0) is 28.6 Å². The van der Waals surface area contributed by atoms with Crippen LogP contribution in [-0.4, -0.2) is 37.2 Å². The van der Waals surface area contributed by atoms with Crippen LogP contribution in [0.15, 0.2) is 36.5 Å². The van der Waals surface area contributed by atoms with Crippen LogP contribution in [0.5, 0.6) is 0 Å². The SMILES string of the molecule is CC/C=C\C/C=C\C/C=C\CCCCCCCCCCCC(=O)OCC(COC(=O)CCCCCCCCCCCCCCCC)OC(=O)CCCCCCCCCCCCCCCCCC. The smallest absolute Gasteiger partial charge is 0.306 e. The average molecular weight is 942 g/mol. The third kappa shape index (κ3) is 54.4. The second-order valence-electron chi connectivity index (χ2n) is 19.9. The van der Waals surface area contributed by atoms with Crippen LogP contribution in [0.2, 0.25) is 0 Å². The molecule has 0 fully saturated rings. The van der Waals surface area contributed by atoms with Crippen molar-refractivity contribution in [2.24, 2.45) is 0 Å². The predicted molar refractivity (Wildman–Crippen MR) is 289 cm³/mol. The lowest BCUT2D eigenvalue weighted by molar-refractivity contribution is -0.167. The van der Waals surface area contributed by atoms with Crippen molar-refractivity contribution < 1.29 is 28.6 Å². The van der Waals surface area contributed by atoms with Gasteiger partial charge in [0.15, 0.2) is 6.10 Å². The van der Waals surface area contributed by atoms with Gasteiger partial charge in [0.2, 0.25) is 0 Å². The maximum absolute atomic E-state index is 12.9. The fraction of sp³-hybridized carbons (Fsp3) is 0.852. The molecule has 0 heterocycles. The maximum atomic E-state index is 12.9. The van der Waals surface area contributed by atoms with Gasteiger partial charge in [-0.25, -0.2) is 0 Å². The number of carbonyl (C=O) groups excluding carboxylic acids is 3. The molecule has 0 aromatic rings. The van der Waals surface area contributed by atoms with Gasteiger partial charge in [-0.3, -0.25) is 14.4 Å². The quantitative estimate of drug-likeness (QED) is 0.0262. The highest BCUT2D eigenvalue weighted by Gasteiger charge is 2.19. The van der Waals surface area contributed by atoms with Gasteiger partial charge in [-0.1, -0.05) is 282 Å². The van der Waals surface area contributed by atoms with Gasteiger partial charge < -0.3 is 14.2 Å². The maximum Gasteiger partial charge on any atom is 0.306 e. The van der Waals surface area contributed by atoms with Gasteiger partial charge in [0.25, 0.3) is 0 Å². The number of rotatable bonds is 54. The van der Waals surface area contributed by atoms with Crippen LogP contribution >= 0.6 is 0 Å². The second-order valence-corrected chi connectivity index (χ2v) is 19.9. The fourth-order valence-corrected chi connectivity index (χ4v) is 8.75. The predicted octanol–water partition coefficient (Wildman–Crippen LogP) is 19.7. The molecule has 67 heavy (non-hydrogen) atoms. The molecule has 0 aromatic heterocycles. The van der Waals surface area contributed by atoms with Crippen LogP contribution in [0.1, 0.15) is 316 Å². The first-order valence-corrected chi connectivity index (χ1v) is 29.5. The Kier molecular flexibility index (Phi) is 54.2. The van der Waals surface area contributed by atoms with E-state index >= 15 is 0 Å². The molecule has 1 unspecified atom stereocenters. The molecule has 0 amide bonds. The molecule has 0 spiro atoms. The summed E-state index contributed by atoms with van der Waals surface area (Å²) < 4.78 is 16.9. The fourth-order valence-electron chi connectivity index (χ4n) is 8.75. The van der Waals surface area contributed by atoms with Crippen molar-refractivity contribution in [1.29, 1.82) is 0 Å². The molecule has 0 saturated carbocycles. The van der Waals surface area contributed by atoms with E-state index in [4.69, 9.17) is 14.2 Å². The normalized spacial score (nSPS) is 12.2. The van der Waals surface area contributed by atoms with Crippen molar-refractivity contribution in [3.8, 4) is 0 Å². The summed E-state index contributed by atoms with van der Waals surface area (Å²) in [6.45, 7) is 6.58. The first-order chi connectivity index (χ1) is 33.0. The van der Waals surface area contributed by atoms with Crippen molar-refractivity contribution in [3.63, 3.8) is 0 Å². The molecule has 0 aliphatic heterocycles. The highest BCUT2D eigenvalue weighted by molar-refractivity contribution is 5.71. The molecule has 6 nitrogen and oxygen atoms in total. The standard InChI is InChI=1S/C61H112O6/c1-4-7-10-13-16-19-22-25-28-30-31-32-34-36-39-42-45-48-51-54-60(63)66-57-58(56-65-59(62)53-50-47-44-41-38-35-27-24-21-18-15-12-9-6-3)67-61(64)55-52-49-46-43-40-37-33-29-26-23-20-17-14-11-8-5-2/h7,10,16,19,25,28,58H,4-6,8-9,11-15,17-18,20-24,26-27,29-57H2,1-3H3/b10-7-,19-16-,28-25-. The Bertz CT molecular complexity index is 1130. The van der Waals surface area contributed by atoms with E-state index in [1.165, 1.54) is 199 Å². The molecule has 0 aliphatic rings. The van der Waals surface area contributed by atoms with Gasteiger partial charge in [-0.15, -0.1) is 0 Å². The zero-order valence-electron chi connectivity index (χ0n) is 44.9. The Morgan fingerprint density at radius 3 is 0.910 bits per heavy atom. The van der Waals surface area contributed by atoms with E-state index in [1.54, 1.807) is 0 Å². The third-order valence-corrected chi connectivity index (χ3v) is 13.2. The zero-order chi connectivity index (χ0) is 48.6. The number of ether oxygens (including phenoxy) is 3. The molecule has 392 valence electrons. The molecule has 0 bridgehead atoms. The van der Waals surface area contributed by atoms with Gasteiger partial charge in [-0.05, 0) is 51.4 Å². The first kappa shape index (κ1) is 64.6. The number of hydrogen-bond acceptors (Lipinski definition) is 6. The van der Waals surface area contributed by atoms with Gasteiger partial charge in [0.1, 0.15) is 13.2 Å². The largest absolute Gasteiger partial charge is 0.462 e. The Hall–Kier alpha value is -2.37. The van der Waals surface area contributed by atoms with E-state index in [2.05, 4.69) is 57.2 Å². The third-order valence-electron chi connectivity index (χ3n) is 13.2. The summed E-state index contributed by atoms with van der Waals surface area (Å²) in [7, 11) is 0. The van der Waals surface area contributed by atoms with Gasteiger partial charge in [-0.2, -0.15) is 0 Å². The van der Waals surface area contributed by atoms with Gasteiger partial charge >= 0.3 is 17.9 Å². The summed E-state index contributed by atoms with van der Waals surface area (Å²) in [6.07, 6.45) is 67.0. The molecule has 6 heteroatoms. The Labute approximate surface area is 416 Å². The van der Waals surface area contributed by atoms with Crippen LogP contribution in [0.3, 0.4) is 0 Å². The first-order valence-electron chi connectivity index (χ1n) is 29.5. The van der Waals surface area contributed by atoms with E-state index in [0.29, 0.717) is 19.3 Å². The molecule has 0 radical (unpaired) electrons. The number of allylic oxidation sites excluding steroid dienone is 6. The zero-order valence-corrected chi connectivity index (χ0v) is 44.9. The summed E-state index contributed by atoms with van der Waals surface area (Å²) in [6, 6.07) is 0. The van der Waals surface area contributed by atoms with Crippen LogP contribution in [0.4, 0.5) is 0 Å². The van der Waals surface area contributed by atoms with Crippen molar-refractivity contribution in [2.45, 2.75) is 322 Å². The monoisotopic (exact) mass is 941 g/mol. The Morgan fingerprint density at radius 1 is 0.313 bits per heavy atom. The van der Waals surface area contributed by atoms with Crippen LogP contribution in [0.25, 0.3) is 0 Å². The summed E-state index contributed by atoms with van der Waals surface area (Å²) in [5.41, 5.74) is 0. The number of esters is 3. The second kappa shape index (κ2) is 56.2. The minimum absolute atomic E-state index is 0.0683. The summed E-state index contributed by atoms with van der Waals surface area (Å²) in [5, 5.41) is 0. The molecule has 0 aliphatic carbocycles. The number of unbranched alkanes of at least 4 members (excludes halogenated alkanes) is 37.